The highest BCUT2D eigenvalue weighted by atomic mass is 16.7. The number of rotatable bonds is 4. The van der Waals surface area contributed by atoms with Crippen LogP contribution in [0.15, 0.2) is 36.5 Å². The van der Waals surface area contributed by atoms with E-state index in [4.69, 9.17) is 9.47 Å². The van der Waals surface area contributed by atoms with E-state index in [1.165, 1.54) is 5.69 Å². The monoisotopic (exact) mass is 353 g/mol. The third-order valence-electron chi connectivity index (χ3n) is 4.94. The lowest BCUT2D eigenvalue weighted by Crippen LogP contribution is -2.48. The highest BCUT2D eigenvalue weighted by Gasteiger charge is 2.21. The van der Waals surface area contributed by atoms with E-state index in [9.17, 15) is 4.79 Å². The first kappa shape index (κ1) is 16.7. The van der Waals surface area contributed by atoms with Crippen molar-refractivity contribution in [2.24, 2.45) is 0 Å². The summed E-state index contributed by atoms with van der Waals surface area (Å²) < 4.78 is 10.7. The maximum Gasteiger partial charge on any atom is 0.231 e. The van der Waals surface area contributed by atoms with Crippen LogP contribution >= 0.6 is 0 Å². The van der Waals surface area contributed by atoms with E-state index in [-0.39, 0.29) is 12.7 Å². The molecular weight excluding hydrogens is 330 g/mol. The second-order valence-electron chi connectivity index (χ2n) is 6.71. The number of ether oxygens (including phenoxy) is 2. The first-order chi connectivity index (χ1) is 12.7. The molecule has 26 heavy (non-hydrogen) atoms. The number of carbonyl (C=O) groups excluding carboxylic acids is 1. The number of hydrogen-bond donors (Lipinski definition) is 0. The van der Waals surface area contributed by atoms with Gasteiger partial charge in [-0.15, -0.1) is 0 Å². The summed E-state index contributed by atoms with van der Waals surface area (Å²) in [4.78, 5) is 21.1. The van der Waals surface area contributed by atoms with Crippen molar-refractivity contribution < 1.29 is 14.3 Å². The van der Waals surface area contributed by atoms with Crippen LogP contribution in [0.4, 0.5) is 5.69 Å². The zero-order chi connectivity index (χ0) is 17.9. The Morgan fingerprint density at radius 1 is 1.08 bits per heavy atom. The second-order valence-corrected chi connectivity index (χ2v) is 6.71. The Balaban J connectivity index is 1.28. The molecule has 4 rings (SSSR count). The normalized spacial score (nSPS) is 16.0. The van der Waals surface area contributed by atoms with E-state index in [0.29, 0.717) is 6.42 Å². The number of pyridine rings is 1. The minimum Gasteiger partial charge on any atom is -0.454 e. The Kier molecular flexibility index (Phi) is 4.65. The Hall–Kier alpha value is -2.76. The van der Waals surface area contributed by atoms with Crippen molar-refractivity contribution in [3.8, 4) is 11.5 Å². The van der Waals surface area contributed by atoms with Gasteiger partial charge in [0.2, 0.25) is 12.7 Å². The third-order valence-corrected chi connectivity index (χ3v) is 4.94. The zero-order valence-electron chi connectivity index (χ0n) is 15.0. The number of fused-ring (bicyclic) bond motifs is 1. The summed E-state index contributed by atoms with van der Waals surface area (Å²) in [5.41, 5.74) is 3.31. The van der Waals surface area contributed by atoms with E-state index in [0.717, 1.165) is 55.4 Å². The van der Waals surface area contributed by atoms with Crippen LogP contribution in [0.2, 0.25) is 0 Å². The highest BCUT2D eigenvalue weighted by Crippen LogP contribution is 2.32. The quantitative estimate of drug-likeness (QED) is 0.845. The molecular formula is C20H23N3O3. The molecule has 1 fully saturated rings. The number of nitrogens with zero attached hydrogens (tertiary/aromatic N) is 3. The molecule has 0 saturated carbocycles. The Bertz CT molecular complexity index is 801. The van der Waals surface area contributed by atoms with Gasteiger partial charge in [0.1, 0.15) is 0 Å². The number of hydrogen-bond acceptors (Lipinski definition) is 5. The van der Waals surface area contributed by atoms with E-state index in [2.05, 4.69) is 16.0 Å². The van der Waals surface area contributed by atoms with Gasteiger partial charge in [0, 0.05) is 50.2 Å². The van der Waals surface area contributed by atoms with Crippen molar-refractivity contribution >= 4 is 11.6 Å². The predicted octanol–water partition coefficient (Wildman–Crippen LogP) is 2.40. The molecule has 1 saturated heterocycles. The number of anilines is 1. The van der Waals surface area contributed by atoms with Crippen LogP contribution in [0.5, 0.6) is 11.5 Å². The van der Waals surface area contributed by atoms with Crippen molar-refractivity contribution in [2.45, 2.75) is 19.8 Å². The molecule has 3 heterocycles. The van der Waals surface area contributed by atoms with Gasteiger partial charge in [-0.3, -0.25) is 9.78 Å². The van der Waals surface area contributed by atoms with Crippen molar-refractivity contribution in [3.63, 3.8) is 0 Å². The zero-order valence-corrected chi connectivity index (χ0v) is 15.0. The number of aryl methyl sites for hydroxylation is 2. The molecule has 6 heteroatoms. The first-order valence-electron chi connectivity index (χ1n) is 9.03. The SMILES string of the molecule is Cc1cc(N2CCN(C(=O)CCc3ccc4c(c3)OCO4)CC2)ccn1. The van der Waals surface area contributed by atoms with Crippen LogP contribution in [0.3, 0.4) is 0 Å². The average Bonchev–Trinajstić information content (AvgIpc) is 3.14. The van der Waals surface area contributed by atoms with Gasteiger partial charge in [-0.1, -0.05) is 6.07 Å². The fourth-order valence-electron chi connectivity index (χ4n) is 3.45. The predicted molar refractivity (Wildman–Crippen MR) is 98.7 cm³/mol. The van der Waals surface area contributed by atoms with Crippen LogP contribution < -0.4 is 14.4 Å². The summed E-state index contributed by atoms with van der Waals surface area (Å²) in [6, 6.07) is 10.0. The molecule has 0 bridgehead atoms. The van der Waals surface area contributed by atoms with Gasteiger partial charge in [-0.2, -0.15) is 0 Å². The molecule has 136 valence electrons. The molecule has 0 atom stereocenters. The maximum atomic E-state index is 12.5. The number of piperazine rings is 1. The van der Waals surface area contributed by atoms with E-state index >= 15 is 0 Å². The summed E-state index contributed by atoms with van der Waals surface area (Å²) in [6.07, 6.45) is 3.08. The summed E-state index contributed by atoms with van der Waals surface area (Å²) >= 11 is 0. The van der Waals surface area contributed by atoms with E-state index in [1.54, 1.807) is 0 Å². The van der Waals surface area contributed by atoms with Crippen molar-refractivity contribution in [1.29, 1.82) is 0 Å². The van der Waals surface area contributed by atoms with Crippen LogP contribution in [0.1, 0.15) is 17.7 Å². The van der Waals surface area contributed by atoms with Crippen molar-refractivity contribution in [2.75, 3.05) is 37.9 Å². The van der Waals surface area contributed by atoms with Gasteiger partial charge >= 0.3 is 0 Å². The topological polar surface area (TPSA) is 54.9 Å². The fraction of sp³-hybridized carbons (Fsp3) is 0.400. The molecule has 0 aliphatic carbocycles. The largest absolute Gasteiger partial charge is 0.454 e. The molecule has 0 N–H and O–H groups in total. The summed E-state index contributed by atoms with van der Waals surface area (Å²) in [5.74, 6) is 1.77. The van der Waals surface area contributed by atoms with Gasteiger partial charge in [0.05, 0.1) is 0 Å². The lowest BCUT2D eigenvalue weighted by atomic mass is 10.1. The Morgan fingerprint density at radius 2 is 1.88 bits per heavy atom. The van der Waals surface area contributed by atoms with E-state index in [1.807, 2.05) is 42.3 Å². The van der Waals surface area contributed by atoms with Crippen molar-refractivity contribution in [1.82, 2.24) is 9.88 Å². The Morgan fingerprint density at radius 3 is 2.69 bits per heavy atom. The number of benzene rings is 1. The Labute approximate surface area is 153 Å². The molecule has 1 aromatic carbocycles. The fourth-order valence-corrected chi connectivity index (χ4v) is 3.45. The summed E-state index contributed by atoms with van der Waals surface area (Å²) in [5, 5.41) is 0. The lowest BCUT2D eigenvalue weighted by molar-refractivity contribution is -0.131. The van der Waals surface area contributed by atoms with Crippen molar-refractivity contribution in [3.05, 3.63) is 47.8 Å². The lowest BCUT2D eigenvalue weighted by Gasteiger charge is -2.36. The van der Waals surface area contributed by atoms with Gasteiger partial charge in [-0.25, -0.2) is 0 Å². The smallest absolute Gasteiger partial charge is 0.231 e. The van der Waals surface area contributed by atoms with Crippen LogP contribution in [0, 0.1) is 6.92 Å². The van der Waals surface area contributed by atoms with E-state index < -0.39 is 0 Å². The summed E-state index contributed by atoms with van der Waals surface area (Å²) in [6.45, 7) is 5.53. The van der Waals surface area contributed by atoms with Gasteiger partial charge in [0.15, 0.2) is 11.5 Å². The molecule has 1 aromatic heterocycles. The first-order valence-corrected chi connectivity index (χ1v) is 9.03. The van der Waals surface area contributed by atoms with Gasteiger partial charge < -0.3 is 19.3 Å². The molecule has 0 spiro atoms. The molecule has 2 aliphatic rings. The maximum absolute atomic E-state index is 12.5. The molecule has 2 aliphatic heterocycles. The molecule has 0 unspecified atom stereocenters. The van der Waals surface area contributed by atoms with Gasteiger partial charge in [0.25, 0.3) is 0 Å². The number of carbonyl (C=O) groups is 1. The average molecular weight is 353 g/mol. The minimum atomic E-state index is 0.216. The molecule has 2 aromatic rings. The number of aromatic nitrogens is 1. The standard InChI is InChI=1S/C20H23N3O3/c1-15-12-17(6-7-21-15)22-8-10-23(11-9-22)20(24)5-3-16-2-4-18-19(13-16)26-14-25-18/h2,4,6-7,12-13H,3,5,8-11,14H2,1H3. The molecule has 1 amide bonds. The highest BCUT2D eigenvalue weighted by molar-refractivity contribution is 5.77. The summed E-state index contributed by atoms with van der Waals surface area (Å²) in [7, 11) is 0. The van der Waals surface area contributed by atoms with Crippen LogP contribution in [-0.2, 0) is 11.2 Å². The minimum absolute atomic E-state index is 0.216. The second kappa shape index (κ2) is 7.23. The number of amides is 1. The molecule has 6 nitrogen and oxygen atoms in total. The third kappa shape index (κ3) is 3.59. The van der Waals surface area contributed by atoms with Crippen LogP contribution in [0.25, 0.3) is 0 Å². The van der Waals surface area contributed by atoms with Gasteiger partial charge in [-0.05, 0) is 43.2 Å². The van der Waals surface area contributed by atoms with Crippen LogP contribution in [-0.4, -0.2) is 48.8 Å². The molecule has 0 radical (unpaired) electrons.